The van der Waals surface area contributed by atoms with Crippen LogP contribution in [0.5, 0.6) is 0 Å². The number of carbonyl (C=O) groups excluding carboxylic acids is 2. The van der Waals surface area contributed by atoms with Crippen LogP contribution in [0.3, 0.4) is 0 Å². The average molecular weight is 423 g/mol. The third-order valence-electron chi connectivity index (χ3n) is 6.94. The lowest BCUT2D eigenvalue weighted by molar-refractivity contribution is -0.147. The summed E-state index contributed by atoms with van der Waals surface area (Å²) in [4.78, 5) is 31.4. The van der Waals surface area contributed by atoms with Crippen LogP contribution in [0, 0.1) is 5.92 Å². The average Bonchev–Trinajstić information content (AvgIpc) is 3.51. The molecule has 0 bridgehead atoms. The zero-order valence-electron chi connectivity index (χ0n) is 18.0. The number of benzene rings is 1. The molecule has 1 saturated carbocycles. The van der Waals surface area contributed by atoms with Gasteiger partial charge in [-0.15, -0.1) is 0 Å². The second kappa shape index (κ2) is 8.11. The number of amides is 2. The van der Waals surface area contributed by atoms with E-state index in [-0.39, 0.29) is 17.9 Å². The van der Waals surface area contributed by atoms with E-state index >= 15 is 0 Å². The van der Waals surface area contributed by atoms with Crippen LogP contribution in [0.1, 0.15) is 53.7 Å². The molecule has 164 valence electrons. The summed E-state index contributed by atoms with van der Waals surface area (Å²) in [5, 5.41) is 3.07. The first-order valence-corrected chi connectivity index (χ1v) is 11.3. The molecule has 1 atom stereocenters. The number of imidazole rings is 1. The number of carbonyl (C=O) groups is 2. The zero-order chi connectivity index (χ0) is 21.4. The Morgan fingerprint density at radius 2 is 2.00 bits per heavy atom. The van der Waals surface area contributed by atoms with Crippen molar-refractivity contribution >= 4 is 11.8 Å². The van der Waals surface area contributed by atoms with Crippen molar-refractivity contribution in [2.24, 2.45) is 13.0 Å². The van der Waals surface area contributed by atoms with Crippen LogP contribution in [0.2, 0.25) is 0 Å². The van der Waals surface area contributed by atoms with Gasteiger partial charge in [0.1, 0.15) is 5.69 Å². The van der Waals surface area contributed by atoms with Crippen LogP contribution in [0.25, 0.3) is 0 Å². The molecule has 1 aliphatic carbocycles. The van der Waals surface area contributed by atoms with Gasteiger partial charge in [0.2, 0.25) is 5.91 Å². The maximum absolute atomic E-state index is 12.9. The lowest BCUT2D eigenvalue weighted by Crippen LogP contribution is -2.51. The van der Waals surface area contributed by atoms with E-state index in [9.17, 15) is 9.59 Å². The summed E-state index contributed by atoms with van der Waals surface area (Å²) in [6.45, 7) is 2.04. The van der Waals surface area contributed by atoms with Gasteiger partial charge in [-0.2, -0.15) is 0 Å². The minimum atomic E-state index is -0.431. The highest BCUT2D eigenvalue weighted by atomic mass is 16.5. The van der Waals surface area contributed by atoms with Crippen LogP contribution in [0.4, 0.5) is 0 Å². The van der Waals surface area contributed by atoms with Gasteiger partial charge in [0.25, 0.3) is 5.91 Å². The molecule has 1 N–H and O–H groups in total. The first-order chi connectivity index (χ1) is 15.0. The lowest BCUT2D eigenvalue weighted by atomic mass is 9.77. The molecule has 1 aromatic carbocycles. The van der Waals surface area contributed by atoms with Crippen molar-refractivity contribution in [1.82, 2.24) is 19.8 Å². The van der Waals surface area contributed by atoms with E-state index in [2.05, 4.69) is 34.6 Å². The predicted molar refractivity (Wildman–Crippen MR) is 115 cm³/mol. The smallest absolute Gasteiger partial charge is 0.272 e. The number of hydrogen-bond acceptors (Lipinski definition) is 4. The molecule has 2 aromatic rings. The molecule has 1 aromatic heterocycles. The summed E-state index contributed by atoms with van der Waals surface area (Å²) in [7, 11) is 1.84. The Balaban J connectivity index is 1.29. The highest BCUT2D eigenvalue weighted by molar-refractivity contribution is 5.92. The predicted octanol–water partition coefficient (Wildman–Crippen LogP) is 2.41. The van der Waals surface area contributed by atoms with E-state index in [0.717, 1.165) is 25.8 Å². The van der Waals surface area contributed by atoms with Crippen LogP contribution >= 0.6 is 0 Å². The molecular formula is C24H30N4O3. The first-order valence-electron chi connectivity index (χ1n) is 11.3. The third kappa shape index (κ3) is 4.11. The van der Waals surface area contributed by atoms with Crippen molar-refractivity contribution in [3.05, 3.63) is 53.6 Å². The van der Waals surface area contributed by atoms with E-state index in [4.69, 9.17) is 4.74 Å². The van der Waals surface area contributed by atoms with Crippen molar-refractivity contribution in [1.29, 1.82) is 0 Å². The lowest BCUT2D eigenvalue weighted by Gasteiger charge is -2.47. The third-order valence-corrected chi connectivity index (χ3v) is 6.94. The van der Waals surface area contributed by atoms with Crippen LogP contribution in [0.15, 0.2) is 36.8 Å². The van der Waals surface area contributed by atoms with Crippen LogP contribution < -0.4 is 5.32 Å². The monoisotopic (exact) mass is 422 g/mol. The molecule has 1 unspecified atom stereocenters. The van der Waals surface area contributed by atoms with Crippen molar-refractivity contribution in [2.45, 2.75) is 50.2 Å². The van der Waals surface area contributed by atoms with Crippen molar-refractivity contribution in [3.63, 3.8) is 0 Å². The minimum Gasteiger partial charge on any atom is -0.366 e. The van der Waals surface area contributed by atoms with Gasteiger partial charge >= 0.3 is 0 Å². The number of rotatable bonds is 5. The van der Waals surface area contributed by atoms with Crippen molar-refractivity contribution < 1.29 is 14.3 Å². The molecule has 3 heterocycles. The molecule has 7 heteroatoms. The van der Waals surface area contributed by atoms with E-state index < -0.39 is 5.60 Å². The molecule has 1 saturated heterocycles. The van der Waals surface area contributed by atoms with Gasteiger partial charge in [0.15, 0.2) is 0 Å². The summed E-state index contributed by atoms with van der Waals surface area (Å²) < 4.78 is 8.42. The highest BCUT2D eigenvalue weighted by Gasteiger charge is 2.44. The summed E-state index contributed by atoms with van der Waals surface area (Å²) in [5.41, 5.74) is 2.66. The first kappa shape index (κ1) is 20.2. The normalized spacial score (nSPS) is 22.2. The van der Waals surface area contributed by atoms with Crippen LogP contribution in [-0.4, -0.2) is 52.0 Å². The fourth-order valence-electron chi connectivity index (χ4n) is 4.97. The fraction of sp³-hybridized carbons (Fsp3) is 0.542. The molecule has 2 amide bonds. The van der Waals surface area contributed by atoms with Gasteiger partial charge in [-0.25, -0.2) is 4.98 Å². The Labute approximate surface area is 182 Å². The van der Waals surface area contributed by atoms with Crippen LogP contribution in [-0.2, 0) is 28.6 Å². The largest absolute Gasteiger partial charge is 0.366 e. The van der Waals surface area contributed by atoms with Gasteiger partial charge in [-0.3, -0.25) is 9.59 Å². The number of nitrogens with zero attached hydrogens (tertiary/aromatic N) is 3. The molecule has 1 spiro atoms. The molecule has 2 fully saturated rings. The topological polar surface area (TPSA) is 76.5 Å². The van der Waals surface area contributed by atoms with Gasteiger partial charge < -0.3 is 19.5 Å². The van der Waals surface area contributed by atoms with Gasteiger partial charge in [0.05, 0.1) is 30.7 Å². The fourth-order valence-corrected chi connectivity index (χ4v) is 4.97. The van der Waals surface area contributed by atoms with E-state index in [0.29, 0.717) is 31.1 Å². The van der Waals surface area contributed by atoms with Gasteiger partial charge in [-0.1, -0.05) is 24.3 Å². The Kier molecular flexibility index (Phi) is 5.30. The molecule has 2 aliphatic heterocycles. The Hall–Kier alpha value is -2.67. The number of hydrogen-bond donors (Lipinski definition) is 1. The minimum absolute atomic E-state index is 0.00921. The maximum Gasteiger partial charge on any atom is 0.272 e. The van der Waals surface area contributed by atoms with Crippen molar-refractivity contribution in [3.8, 4) is 0 Å². The highest BCUT2D eigenvalue weighted by Crippen LogP contribution is 2.44. The molecular weight excluding hydrogens is 392 g/mol. The maximum atomic E-state index is 12.9. The van der Waals surface area contributed by atoms with Gasteiger partial charge in [-0.05, 0) is 49.1 Å². The summed E-state index contributed by atoms with van der Waals surface area (Å²) >= 11 is 0. The number of ether oxygens (including phenoxy) is 1. The number of fused-ring (bicyclic) bond motifs is 2. The summed E-state index contributed by atoms with van der Waals surface area (Å²) in [6, 6.07) is 8.42. The number of nitrogens with one attached hydrogen (secondary N) is 1. The zero-order valence-corrected chi connectivity index (χ0v) is 18.0. The number of piperidine rings is 1. The van der Waals surface area contributed by atoms with E-state index in [1.165, 1.54) is 24.0 Å². The molecule has 7 nitrogen and oxygen atoms in total. The van der Waals surface area contributed by atoms with E-state index in [1.54, 1.807) is 17.1 Å². The Bertz CT molecular complexity index is 973. The number of aryl methyl sites for hydroxylation is 1. The molecule has 31 heavy (non-hydrogen) atoms. The Morgan fingerprint density at radius 3 is 2.71 bits per heavy atom. The second-order valence-corrected chi connectivity index (χ2v) is 9.23. The molecule has 3 aliphatic rings. The quantitative estimate of drug-likeness (QED) is 0.803. The molecule has 0 radical (unpaired) electrons. The number of likely N-dealkylation sites (tertiary alicyclic amines) is 1. The van der Waals surface area contributed by atoms with E-state index in [1.807, 2.05) is 11.9 Å². The SMILES string of the molecule is Cn1cncc1C(=O)N1CCC2(CC1)OC(CC(=O)NCC1CC1)Cc1ccccc12. The molecule has 5 rings (SSSR count). The number of aromatic nitrogens is 2. The standard InChI is InChI=1S/C24H30N4O3/c1-27-16-25-15-21(27)23(30)28-10-8-24(9-11-28)20-5-3-2-4-18(20)12-19(31-24)13-22(29)26-14-17-6-7-17/h2-5,15-17,19H,6-14H2,1H3,(H,26,29). The van der Waals surface area contributed by atoms with Crippen molar-refractivity contribution in [2.75, 3.05) is 19.6 Å². The van der Waals surface area contributed by atoms with Gasteiger partial charge in [0, 0.05) is 26.7 Å². The second-order valence-electron chi connectivity index (χ2n) is 9.23. The summed E-state index contributed by atoms with van der Waals surface area (Å²) in [5.74, 6) is 0.759. The summed E-state index contributed by atoms with van der Waals surface area (Å²) in [6.07, 6.45) is 8.20. The Morgan fingerprint density at radius 1 is 1.23 bits per heavy atom.